The zero-order valence-corrected chi connectivity index (χ0v) is 21.4. The molecule has 2 atom stereocenters. The maximum atomic E-state index is 13.9. The number of hydrogen-bond donors (Lipinski definition) is 2. The molecule has 2 heterocycles. The molecule has 0 spiro atoms. The number of amides is 2. The summed E-state index contributed by atoms with van der Waals surface area (Å²) >= 11 is 5.80. The summed E-state index contributed by atoms with van der Waals surface area (Å²) in [5.74, 6) is -0.741. The molecule has 32 heavy (non-hydrogen) atoms. The van der Waals surface area contributed by atoms with Gasteiger partial charge in [-0.2, -0.15) is 0 Å². The number of benzene rings is 1. The summed E-state index contributed by atoms with van der Waals surface area (Å²) in [6.45, 7) is 2.75. The zero-order valence-electron chi connectivity index (χ0n) is 17.7. The number of rotatable bonds is 5. The van der Waals surface area contributed by atoms with Gasteiger partial charge in [0.2, 0.25) is 5.91 Å². The summed E-state index contributed by atoms with van der Waals surface area (Å²) in [5, 5.41) is 9.59. The first-order chi connectivity index (χ1) is 15.2. The van der Waals surface area contributed by atoms with Gasteiger partial charge >= 0.3 is 6.09 Å². The Balaban J connectivity index is 1.67. The van der Waals surface area contributed by atoms with Crippen LogP contribution in [0.25, 0.3) is 0 Å². The van der Waals surface area contributed by atoms with Crippen molar-refractivity contribution in [2.45, 2.75) is 44.7 Å². The van der Waals surface area contributed by atoms with Crippen molar-refractivity contribution in [2.24, 2.45) is 5.92 Å². The first kappa shape index (κ1) is 23.3. The highest BCUT2D eigenvalue weighted by atomic mass is 127. The maximum Gasteiger partial charge on any atom is 0.407 e. The Morgan fingerprint density at radius 1 is 1.28 bits per heavy atom. The lowest BCUT2D eigenvalue weighted by molar-refractivity contribution is -0.139. The second-order valence-electron chi connectivity index (χ2n) is 8.59. The number of hydrogen-bond acceptors (Lipinski definition) is 3. The van der Waals surface area contributed by atoms with Crippen LogP contribution in [0.5, 0.6) is 0 Å². The van der Waals surface area contributed by atoms with Crippen molar-refractivity contribution in [1.29, 1.82) is 0 Å². The number of pyridine rings is 1. The molecule has 1 aromatic carbocycles. The second kappa shape index (κ2) is 9.54. The van der Waals surface area contributed by atoms with Crippen LogP contribution in [0, 0.1) is 16.4 Å². The van der Waals surface area contributed by atoms with Crippen LogP contribution in [0.15, 0.2) is 39.7 Å². The first-order valence-corrected chi connectivity index (χ1v) is 12.5. The largest absolute Gasteiger partial charge is 0.465 e. The van der Waals surface area contributed by atoms with Gasteiger partial charge in [0.15, 0.2) is 0 Å². The number of likely N-dealkylation sites (tertiary alicyclic amines) is 1. The van der Waals surface area contributed by atoms with Crippen LogP contribution < -0.4 is 5.56 Å². The van der Waals surface area contributed by atoms with E-state index in [1.807, 2.05) is 23.1 Å². The summed E-state index contributed by atoms with van der Waals surface area (Å²) in [7, 11) is 0. The highest BCUT2D eigenvalue weighted by molar-refractivity contribution is 14.1. The van der Waals surface area contributed by atoms with Gasteiger partial charge in [-0.25, -0.2) is 4.79 Å². The van der Waals surface area contributed by atoms with Crippen LogP contribution in [0.1, 0.15) is 41.9 Å². The van der Waals surface area contributed by atoms with Crippen LogP contribution in [0.2, 0.25) is 0 Å². The Morgan fingerprint density at radius 2 is 2.03 bits per heavy atom. The van der Waals surface area contributed by atoms with E-state index in [0.717, 1.165) is 32.0 Å². The summed E-state index contributed by atoms with van der Waals surface area (Å²) in [6.07, 6.45) is 3.03. The van der Waals surface area contributed by atoms with Crippen molar-refractivity contribution in [3.05, 3.63) is 65.5 Å². The fraction of sp³-hybridized carbons (Fsp3) is 0.435. The molecule has 2 amide bonds. The van der Waals surface area contributed by atoms with Gasteiger partial charge in [0.25, 0.3) is 5.56 Å². The van der Waals surface area contributed by atoms with E-state index in [0.29, 0.717) is 25.1 Å². The number of nitrogens with one attached hydrogen (secondary N) is 1. The normalized spacial score (nSPS) is 20.8. The first-order valence-electron chi connectivity index (χ1n) is 10.7. The number of halogens is 2. The van der Waals surface area contributed by atoms with Crippen molar-refractivity contribution in [1.82, 2.24) is 14.8 Å². The molecular formula is C23H25BrIN3O4. The molecule has 7 nitrogen and oxygen atoms in total. The monoisotopic (exact) mass is 613 g/mol. The molecule has 1 saturated heterocycles. The number of piperidine rings is 1. The molecule has 2 aromatic rings. The maximum absolute atomic E-state index is 13.9. The van der Waals surface area contributed by atoms with Gasteiger partial charge in [-0.1, -0.05) is 15.9 Å². The van der Waals surface area contributed by atoms with E-state index in [2.05, 4.69) is 49.6 Å². The van der Waals surface area contributed by atoms with Gasteiger partial charge in [0, 0.05) is 45.5 Å². The van der Waals surface area contributed by atoms with Crippen molar-refractivity contribution in [2.75, 3.05) is 13.1 Å². The van der Waals surface area contributed by atoms with E-state index in [9.17, 15) is 19.5 Å². The lowest BCUT2D eigenvalue weighted by Crippen LogP contribution is -2.50. The molecule has 9 heteroatoms. The predicted molar refractivity (Wildman–Crippen MR) is 133 cm³/mol. The van der Waals surface area contributed by atoms with Crippen LogP contribution in [0.4, 0.5) is 4.79 Å². The topological polar surface area (TPSA) is 93.7 Å². The third kappa shape index (κ3) is 5.03. The second-order valence-corrected chi connectivity index (χ2v) is 10.8. The van der Waals surface area contributed by atoms with Crippen molar-refractivity contribution in [3.8, 4) is 0 Å². The lowest BCUT2D eigenvalue weighted by atomic mass is 9.78. The van der Waals surface area contributed by atoms with Gasteiger partial charge in [0.05, 0.1) is 5.92 Å². The molecule has 1 aliphatic carbocycles. The Labute approximate surface area is 208 Å². The Kier molecular flexibility index (Phi) is 6.94. The van der Waals surface area contributed by atoms with E-state index >= 15 is 0 Å². The van der Waals surface area contributed by atoms with Gasteiger partial charge in [-0.15, -0.1) is 0 Å². The number of aromatic amines is 1. The molecule has 1 aromatic heterocycles. The summed E-state index contributed by atoms with van der Waals surface area (Å²) < 4.78 is 2.05. The molecule has 4 rings (SSSR count). The number of carboxylic acid groups (broad SMARTS) is 1. The number of carbonyl (C=O) groups is 2. The Hall–Kier alpha value is -1.88. The average Bonchev–Trinajstić information content (AvgIpc) is 3.57. The lowest BCUT2D eigenvalue weighted by Gasteiger charge is -2.39. The molecule has 170 valence electrons. The van der Waals surface area contributed by atoms with E-state index in [1.165, 1.54) is 4.90 Å². The molecule has 1 aliphatic heterocycles. The highest BCUT2D eigenvalue weighted by Gasteiger charge is 2.43. The van der Waals surface area contributed by atoms with Crippen LogP contribution >= 0.6 is 38.5 Å². The number of H-pyrrole nitrogens is 1. The van der Waals surface area contributed by atoms with Crippen molar-refractivity contribution >= 4 is 50.5 Å². The fourth-order valence-electron chi connectivity index (χ4n) is 4.61. The van der Waals surface area contributed by atoms with E-state index in [1.54, 1.807) is 13.1 Å². The summed E-state index contributed by atoms with van der Waals surface area (Å²) in [4.78, 5) is 43.8. The molecule has 2 unspecified atom stereocenters. The van der Waals surface area contributed by atoms with Gasteiger partial charge < -0.3 is 19.9 Å². The molecule has 2 aliphatic rings. The van der Waals surface area contributed by atoms with Gasteiger partial charge in [-0.05, 0) is 90.1 Å². The van der Waals surface area contributed by atoms with E-state index < -0.39 is 12.0 Å². The molecule has 2 N–H and O–H groups in total. The smallest absolute Gasteiger partial charge is 0.407 e. The minimum Gasteiger partial charge on any atom is -0.465 e. The third-order valence-corrected chi connectivity index (χ3v) is 7.48. The minimum atomic E-state index is -1.01. The van der Waals surface area contributed by atoms with E-state index in [-0.39, 0.29) is 30.0 Å². The molecular weight excluding hydrogens is 589 g/mol. The zero-order chi connectivity index (χ0) is 23.0. The Morgan fingerprint density at radius 3 is 2.69 bits per heavy atom. The highest BCUT2D eigenvalue weighted by Crippen LogP contribution is 2.38. The van der Waals surface area contributed by atoms with Crippen LogP contribution in [-0.2, 0) is 11.3 Å². The van der Waals surface area contributed by atoms with Crippen LogP contribution in [-0.4, -0.2) is 51.0 Å². The number of carbonyl (C=O) groups excluding carboxylic acids is 1. The fourth-order valence-corrected chi connectivity index (χ4v) is 6.31. The average molecular weight is 614 g/mol. The number of aromatic nitrogens is 1. The van der Waals surface area contributed by atoms with Crippen molar-refractivity contribution in [3.63, 3.8) is 0 Å². The third-order valence-electron chi connectivity index (χ3n) is 6.40. The summed E-state index contributed by atoms with van der Waals surface area (Å²) in [5.41, 5.74) is 2.31. The van der Waals surface area contributed by atoms with Crippen LogP contribution in [0.3, 0.4) is 0 Å². The molecule has 2 fully saturated rings. The molecule has 1 saturated carbocycles. The quantitative estimate of drug-likeness (QED) is 0.491. The summed E-state index contributed by atoms with van der Waals surface area (Å²) in [6, 6.07) is 8.14. The van der Waals surface area contributed by atoms with Crippen molar-refractivity contribution < 1.29 is 14.7 Å². The SMILES string of the molecule is Cc1c(C2CCN(C(=O)O)CC2C(=O)N(Cc2cc(Br)cc(I)c2)C2CC2)cc[nH]c1=O. The Bertz CT molecular complexity index is 1080. The molecule has 0 radical (unpaired) electrons. The van der Waals surface area contributed by atoms with Gasteiger partial charge in [-0.3, -0.25) is 9.59 Å². The van der Waals surface area contributed by atoms with E-state index in [4.69, 9.17) is 0 Å². The molecule has 0 bridgehead atoms. The standard InChI is InChI=1S/C23H25BrIN3O4/c1-13-18(4-6-26-21(13)29)19-5-7-27(23(31)32)12-20(19)22(30)28(17-2-3-17)11-14-8-15(24)10-16(25)9-14/h4,6,8-10,17,19-20H,2-3,5,7,11-12H2,1H3,(H,26,29)(H,31,32). The predicted octanol–water partition coefficient (Wildman–Crippen LogP) is 4.33. The van der Waals surface area contributed by atoms with Gasteiger partial charge in [0.1, 0.15) is 0 Å². The number of nitrogens with zero attached hydrogens (tertiary/aromatic N) is 2. The minimum absolute atomic E-state index is 0.0295.